The van der Waals surface area contributed by atoms with E-state index < -0.39 is 29.2 Å². The monoisotopic (exact) mass is 333 g/mol. The fourth-order valence-corrected chi connectivity index (χ4v) is 0.720. The molecule has 0 aromatic heterocycles. The van der Waals surface area contributed by atoms with Gasteiger partial charge in [0.25, 0.3) is 0 Å². The summed E-state index contributed by atoms with van der Waals surface area (Å²) < 4.78 is 78.8. The van der Waals surface area contributed by atoms with Crippen LogP contribution in [0.5, 0.6) is 0 Å². The second-order valence-electron chi connectivity index (χ2n) is 2.85. The lowest BCUT2D eigenvalue weighted by molar-refractivity contribution is -0.142. The van der Waals surface area contributed by atoms with E-state index in [-0.39, 0.29) is 28.0 Å². The van der Waals surface area contributed by atoms with E-state index in [0.717, 1.165) is 7.05 Å². The molecule has 0 radical (unpaired) electrons. The van der Waals surface area contributed by atoms with Crippen LogP contribution < -0.4 is 0 Å². The molecule has 0 spiro atoms. The summed E-state index contributed by atoms with van der Waals surface area (Å²) in [5, 5.41) is 0. The molecule has 0 aromatic carbocycles. The highest BCUT2D eigenvalue weighted by molar-refractivity contribution is 7.83. The lowest BCUT2D eigenvalue weighted by Crippen LogP contribution is -2.27. The highest BCUT2D eigenvalue weighted by Crippen LogP contribution is 2.13. The molecule has 20 heavy (non-hydrogen) atoms. The van der Waals surface area contributed by atoms with E-state index in [0.29, 0.717) is 4.31 Å². The van der Waals surface area contributed by atoms with Gasteiger partial charge in [-0.2, -0.15) is 25.9 Å². The van der Waals surface area contributed by atoms with Crippen LogP contribution in [-0.4, -0.2) is 51.7 Å². The average Bonchev–Trinajstić information content (AvgIpc) is 2.15. The van der Waals surface area contributed by atoms with Gasteiger partial charge in [-0.25, -0.2) is 4.39 Å². The summed E-state index contributed by atoms with van der Waals surface area (Å²) in [7, 11) is -3.60. The van der Waals surface area contributed by atoms with Crippen molar-refractivity contribution in [2.75, 3.05) is 26.9 Å². The van der Waals surface area contributed by atoms with Crippen LogP contribution in [0.25, 0.3) is 0 Å². The molecule has 11 heteroatoms. The SMILES string of the molecule is C.C.CC(=O)OCCN(C)S(=O)(=O)F.FCC(F)(F)F. The van der Waals surface area contributed by atoms with Crippen molar-refractivity contribution in [2.45, 2.75) is 28.0 Å². The largest absolute Gasteiger partial charge is 0.464 e. The Morgan fingerprint density at radius 2 is 1.60 bits per heavy atom. The van der Waals surface area contributed by atoms with Crippen LogP contribution in [0, 0.1) is 0 Å². The van der Waals surface area contributed by atoms with Crippen molar-refractivity contribution in [2.24, 2.45) is 0 Å². The van der Waals surface area contributed by atoms with Crippen molar-refractivity contribution in [3.8, 4) is 0 Å². The fraction of sp³-hybridized carbons (Fsp3) is 0.889. The minimum absolute atomic E-state index is 0. The number of likely N-dealkylation sites (N-methyl/N-ethyl adjacent to an activating group) is 1. The molecule has 0 aliphatic rings. The molecular weight excluding hydrogens is 313 g/mol. The van der Waals surface area contributed by atoms with Crippen LogP contribution in [0.4, 0.5) is 21.4 Å². The average molecular weight is 333 g/mol. The maximum atomic E-state index is 12.1. The van der Waals surface area contributed by atoms with Crippen LogP contribution in [0.1, 0.15) is 21.8 Å². The Balaban J connectivity index is -0.000000139. The first-order chi connectivity index (χ1) is 7.90. The molecule has 0 amide bonds. The highest BCUT2D eigenvalue weighted by atomic mass is 32.3. The zero-order valence-corrected chi connectivity index (χ0v) is 10.3. The van der Waals surface area contributed by atoms with Gasteiger partial charge in [0.15, 0.2) is 6.67 Å². The molecule has 0 aromatic rings. The van der Waals surface area contributed by atoms with Gasteiger partial charge in [-0.3, -0.25) is 4.79 Å². The Labute approximate surface area is 116 Å². The fourth-order valence-electron chi connectivity index (χ4n) is 0.427. The zero-order valence-electron chi connectivity index (χ0n) is 9.50. The third-order valence-corrected chi connectivity index (χ3v) is 2.16. The molecule has 0 aliphatic heterocycles. The predicted molar refractivity (Wildman–Crippen MR) is 64.8 cm³/mol. The lowest BCUT2D eigenvalue weighted by atomic mass is 10.7. The number of esters is 1. The molecule has 0 heterocycles. The number of nitrogens with zero attached hydrogens (tertiary/aromatic N) is 1. The maximum Gasteiger partial charge on any atom is 0.416 e. The molecule has 0 N–H and O–H groups in total. The molecule has 5 nitrogen and oxygen atoms in total. The van der Waals surface area contributed by atoms with Gasteiger partial charge < -0.3 is 4.74 Å². The lowest BCUT2D eigenvalue weighted by Gasteiger charge is -2.09. The van der Waals surface area contributed by atoms with Gasteiger partial charge in [0.2, 0.25) is 0 Å². The number of halogens is 5. The van der Waals surface area contributed by atoms with E-state index >= 15 is 0 Å². The molecule has 0 rings (SSSR count). The van der Waals surface area contributed by atoms with Gasteiger partial charge in [0, 0.05) is 14.0 Å². The summed E-state index contributed by atoms with van der Waals surface area (Å²) in [6.07, 6.45) is -4.62. The van der Waals surface area contributed by atoms with Gasteiger partial charge >= 0.3 is 22.6 Å². The standard InChI is InChI=1S/C5H10FNO4S.C2H2F4.2CH4/c1-5(8)11-4-3-7(2)12(6,9)10;3-1-2(4,5)6;;/h3-4H2,1-2H3;1H2;2*1H4. The number of alkyl halides is 4. The zero-order chi connectivity index (χ0) is 15.0. The van der Waals surface area contributed by atoms with E-state index in [1.165, 1.54) is 6.92 Å². The Bertz CT molecular complexity index is 345. The van der Waals surface area contributed by atoms with Crippen molar-refractivity contribution in [3.05, 3.63) is 0 Å². The molecule has 0 fully saturated rings. The van der Waals surface area contributed by atoms with E-state index in [1.54, 1.807) is 0 Å². The van der Waals surface area contributed by atoms with E-state index in [4.69, 9.17) is 0 Å². The minimum Gasteiger partial charge on any atom is -0.464 e. The molecule has 0 bridgehead atoms. The maximum absolute atomic E-state index is 12.1. The highest BCUT2D eigenvalue weighted by Gasteiger charge is 2.26. The Morgan fingerprint density at radius 3 is 1.80 bits per heavy atom. The third kappa shape index (κ3) is 22.2. The summed E-state index contributed by atoms with van der Waals surface area (Å²) >= 11 is 0. The number of carbonyl (C=O) groups is 1. The van der Waals surface area contributed by atoms with Gasteiger partial charge in [-0.1, -0.05) is 18.7 Å². The first kappa shape index (κ1) is 27.4. The van der Waals surface area contributed by atoms with Gasteiger partial charge in [-0.05, 0) is 0 Å². The Morgan fingerprint density at radius 1 is 1.25 bits per heavy atom. The number of hydrogen-bond acceptors (Lipinski definition) is 4. The quantitative estimate of drug-likeness (QED) is 0.450. The molecule has 0 aliphatic carbocycles. The van der Waals surface area contributed by atoms with Crippen LogP contribution in [0.3, 0.4) is 0 Å². The smallest absolute Gasteiger partial charge is 0.416 e. The first-order valence-corrected chi connectivity index (χ1v) is 5.66. The number of rotatable bonds is 4. The van der Waals surface area contributed by atoms with Crippen molar-refractivity contribution >= 4 is 16.4 Å². The third-order valence-electron chi connectivity index (χ3n) is 1.24. The molecule has 0 saturated carbocycles. The Hall–Kier alpha value is -0.970. The normalized spacial score (nSPS) is 10.6. The topological polar surface area (TPSA) is 63.7 Å². The first-order valence-electron chi connectivity index (χ1n) is 4.32. The molecular formula is C9H20F5NO4S. The van der Waals surface area contributed by atoms with Crippen LogP contribution in [-0.2, 0) is 19.9 Å². The van der Waals surface area contributed by atoms with Crippen molar-refractivity contribution < 1.29 is 39.4 Å². The summed E-state index contributed by atoms with van der Waals surface area (Å²) in [5.74, 6) is -0.528. The van der Waals surface area contributed by atoms with Gasteiger partial charge in [0.05, 0.1) is 6.54 Å². The van der Waals surface area contributed by atoms with E-state index in [1.807, 2.05) is 0 Å². The van der Waals surface area contributed by atoms with Crippen LogP contribution in [0.15, 0.2) is 0 Å². The molecule has 0 atom stereocenters. The Kier molecular flexibility index (Phi) is 16.2. The van der Waals surface area contributed by atoms with Crippen molar-refractivity contribution in [3.63, 3.8) is 0 Å². The molecule has 0 unspecified atom stereocenters. The summed E-state index contributed by atoms with van der Waals surface area (Å²) in [4.78, 5) is 10.2. The number of carbonyl (C=O) groups excluding carboxylic acids is 1. The van der Waals surface area contributed by atoms with Crippen LogP contribution >= 0.6 is 0 Å². The molecule has 0 saturated heterocycles. The van der Waals surface area contributed by atoms with Crippen molar-refractivity contribution in [1.82, 2.24) is 4.31 Å². The van der Waals surface area contributed by atoms with E-state index in [2.05, 4.69) is 4.74 Å². The second kappa shape index (κ2) is 11.8. The van der Waals surface area contributed by atoms with Crippen LogP contribution in [0.2, 0.25) is 0 Å². The minimum atomic E-state index is -4.66. The van der Waals surface area contributed by atoms with Gasteiger partial charge in [0.1, 0.15) is 6.61 Å². The predicted octanol–water partition coefficient (Wildman–Crippen LogP) is 2.49. The summed E-state index contributed by atoms with van der Waals surface area (Å²) in [6.45, 7) is -1.37. The number of ether oxygens (including phenoxy) is 1. The number of hydrogen-bond donors (Lipinski definition) is 0. The van der Waals surface area contributed by atoms with Crippen molar-refractivity contribution in [1.29, 1.82) is 0 Å². The van der Waals surface area contributed by atoms with E-state index in [9.17, 15) is 34.7 Å². The second-order valence-corrected chi connectivity index (χ2v) is 4.30. The molecule has 126 valence electrons. The summed E-state index contributed by atoms with van der Waals surface area (Å²) in [6, 6.07) is 0. The van der Waals surface area contributed by atoms with Gasteiger partial charge in [-0.15, -0.1) is 0 Å². The summed E-state index contributed by atoms with van der Waals surface area (Å²) in [5.41, 5.74) is 0.